The number of hydrogen-bond acceptors (Lipinski definition) is 3. The molecule has 0 saturated carbocycles. The first-order valence-corrected chi connectivity index (χ1v) is 7.09. The van der Waals surface area contributed by atoms with Crippen LogP contribution in [0.3, 0.4) is 0 Å². The van der Waals surface area contributed by atoms with Crippen molar-refractivity contribution in [2.24, 2.45) is 10.4 Å². The van der Waals surface area contributed by atoms with Crippen LogP contribution in [0.25, 0.3) is 0 Å². The van der Waals surface area contributed by atoms with Gasteiger partial charge in [0.05, 0.1) is 18.8 Å². The lowest BCUT2D eigenvalue weighted by molar-refractivity contribution is 0.316. The monoisotopic (exact) mass is 282 g/mol. The van der Waals surface area contributed by atoms with Crippen molar-refractivity contribution < 1.29 is 4.74 Å². The second kappa shape index (κ2) is 6.53. The fourth-order valence-corrected chi connectivity index (χ4v) is 2.27. The maximum Gasteiger partial charge on any atom is 0.124 e. The predicted octanol–water partition coefficient (Wildman–Crippen LogP) is 4.30. The van der Waals surface area contributed by atoms with Crippen molar-refractivity contribution in [3.63, 3.8) is 0 Å². The number of rotatable bonds is 4. The van der Waals surface area contributed by atoms with E-state index in [1.807, 2.05) is 42.6 Å². The molecule has 0 fully saturated rings. The summed E-state index contributed by atoms with van der Waals surface area (Å²) >= 11 is 0. The van der Waals surface area contributed by atoms with E-state index < -0.39 is 0 Å². The first-order valence-electron chi connectivity index (χ1n) is 7.09. The normalized spacial score (nSPS) is 13.3. The summed E-state index contributed by atoms with van der Waals surface area (Å²) in [6.07, 6.45) is 3.61. The summed E-state index contributed by atoms with van der Waals surface area (Å²) in [5.74, 6) is 0.871. The molecule has 0 amide bonds. The van der Waals surface area contributed by atoms with Crippen LogP contribution in [0.4, 0.5) is 0 Å². The molecule has 0 saturated heterocycles. The number of benzene rings is 1. The molecule has 0 radical (unpaired) electrons. The van der Waals surface area contributed by atoms with Crippen LogP contribution in [0.1, 0.15) is 38.1 Å². The summed E-state index contributed by atoms with van der Waals surface area (Å²) in [6, 6.07) is 13.9. The maximum absolute atomic E-state index is 5.48. The van der Waals surface area contributed by atoms with E-state index in [0.29, 0.717) is 0 Å². The number of aromatic nitrogens is 1. The van der Waals surface area contributed by atoms with E-state index in [1.54, 1.807) is 13.3 Å². The van der Waals surface area contributed by atoms with Crippen molar-refractivity contribution in [3.8, 4) is 5.75 Å². The van der Waals surface area contributed by atoms with Crippen molar-refractivity contribution >= 4 is 6.21 Å². The van der Waals surface area contributed by atoms with E-state index in [9.17, 15) is 0 Å². The summed E-state index contributed by atoms with van der Waals surface area (Å²) in [7, 11) is 1.70. The van der Waals surface area contributed by atoms with Crippen LogP contribution in [0.2, 0.25) is 0 Å². The van der Waals surface area contributed by atoms with Crippen LogP contribution in [0, 0.1) is 5.41 Å². The van der Waals surface area contributed by atoms with E-state index >= 15 is 0 Å². The Kier molecular flexibility index (Phi) is 4.73. The Morgan fingerprint density at radius 2 is 1.81 bits per heavy atom. The molecule has 0 spiro atoms. The van der Waals surface area contributed by atoms with Crippen molar-refractivity contribution in [2.75, 3.05) is 7.11 Å². The molecular weight excluding hydrogens is 260 g/mol. The van der Waals surface area contributed by atoms with Gasteiger partial charge in [0, 0.05) is 18.0 Å². The molecule has 21 heavy (non-hydrogen) atoms. The average Bonchev–Trinajstić information content (AvgIpc) is 2.47. The van der Waals surface area contributed by atoms with E-state index in [-0.39, 0.29) is 11.5 Å². The van der Waals surface area contributed by atoms with Gasteiger partial charge in [0.25, 0.3) is 0 Å². The standard InChI is InChI=1S/C18H22N2O/c1-18(2,3)17(15-10-5-6-11-16(15)21-4)20-13-14-9-7-8-12-19-14/h5-13,17H,1-4H3/t17-/m0/s1. The van der Waals surface area contributed by atoms with E-state index in [4.69, 9.17) is 9.73 Å². The zero-order valence-corrected chi connectivity index (χ0v) is 13.1. The zero-order valence-electron chi connectivity index (χ0n) is 13.1. The number of nitrogens with zero attached hydrogens (tertiary/aromatic N) is 2. The van der Waals surface area contributed by atoms with Crippen molar-refractivity contribution in [2.45, 2.75) is 26.8 Å². The third kappa shape index (κ3) is 3.91. The molecule has 3 nitrogen and oxygen atoms in total. The minimum Gasteiger partial charge on any atom is -0.496 e. The van der Waals surface area contributed by atoms with Crippen LogP contribution in [0.15, 0.2) is 53.7 Å². The van der Waals surface area contributed by atoms with Gasteiger partial charge in [-0.25, -0.2) is 0 Å². The first kappa shape index (κ1) is 15.2. The number of aliphatic imine (C=N–C) groups is 1. The highest BCUT2D eigenvalue weighted by atomic mass is 16.5. The van der Waals surface area contributed by atoms with Gasteiger partial charge < -0.3 is 4.74 Å². The van der Waals surface area contributed by atoms with Crippen LogP contribution in [-0.4, -0.2) is 18.3 Å². The topological polar surface area (TPSA) is 34.5 Å². The van der Waals surface area contributed by atoms with Gasteiger partial charge in [0.2, 0.25) is 0 Å². The van der Waals surface area contributed by atoms with Crippen LogP contribution in [0.5, 0.6) is 5.75 Å². The van der Waals surface area contributed by atoms with Gasteiger partial charge in [0.15, 0.2) is 0 Å². The van der Waals surface area contributed by atoms with Crippen LogP contribution in [-0.2, 0) is 0 Å². The molecule has 110 valence electrons. The van der Waals surface area contributed by atoms with Gasteiger partial charge in [-0.2, -0.15) is 0 Å². The van der Waals surface area contributed by atoms with Gasteiger partial charge in [-0.3, -0.25) is 9.98 Å². The molecule has 1 aromatic heterocycles. The van der Waals surface area contributed by atoms with Crippen molar-refractivity contribution in [1.82, 2.24) is 4.98 Å². The highest BCUT2D eigenvalue weighted by molar-refractivity contribution is 5.77. The van der Waals surface area contributed by atoms with Crippen molar-refractivity contribution in [3.05, 3.63) is 59.9 Å². The van der Waals surface area contributed by atoms with Crippen LogP contribution < -0.4 is 4.74 Å². The van der Waals surface area contributed by atoms with E-state index in [0.717, 1.165) is 17.0 Å². The Labute approximate surface area is 126 Å². The minimum atomic E-state index is -0.0140. The third-order valence-corrected chi connectivity index (χ3v) is 3.30. The fraction of sp³-hybridized carbons (Fsp3) is 0.333. The van der Waals surface area contributed by atoms with Gasteiger partial charge in [0.1, 0.15) is 5.75 Å². The molecule has 0 unspecified atom stereocenters. The molecule has 2 rings (SSSR count). The van der Waals surface area contributed by atoms with Gasteiger partial charge in [-0.05, 0) is 23.6 Å². The molecule has 1 atom stereocenters. The lowest BCUT2D eigenvalue weighted by Gasteiger charge is -2.28. The number of pyridine rings is 1. The Bertz CT molecular complexity index is 600. The molecule has 0 aliphatic carbocycles. The molecule has 2 aromatic rings. The van der Waals surface area contributed by atoms with E-state index in [1.165, 1.54) is 0 Å². The number of ether oxygens (including phenoxy) is 1. The molecular formula is C18H22N2O. The minimum absolute atomic E-state index is 0.00987. The molecule has 0 N–H and O–H groups in total. The lowest BCUT2D eigenvalue weighted by Crippen LogP contribution is -2.17. The number of para-hydroxylation sites is 1. The second-order valence-electron chi connectivity index (χ2n) is 6.04. The molecule has 0 aliphatic heterocycles. The highest BCUT2D eigenvalue weighted by Gasteiger charge is 2.27. The van der Waals surface area contributed by atoms with Crippen molar-refractivity contribution in [1.29, 1.82) is 0 Å². The predicted molar refractivity (Wildman–Crippen MR) is 87.0 cm³/mol. The van der Waals surface area contributed by atoms with E-state index in [2.05, 4.69) is 31.8 Å². The number of hydrogen-bond donors (Lipinski definition) is 0. The molecule has 3 heteroatoms. The van der Waals surface area contributed by atoms with Crippen LogP contribution >= 0.6 is 0 Å². The largest absolute Gasteiger partial charge is 0.496 e. The number of methoxy groups -OCH3 is 1. The summed E-state index contributed by atoms with van der Waals surface area (Å²) in [4.78, 5) is 9.07. The molecule has 1 heterocycles. The van der Waals surface area contributed by atoms with Gasteiger partial charge in [-0.15, -0.1) is 0 Å². The molecule has 0 bridgehead atoms. The second-order valence-corrected chi connectivity index (χ2v) is 6.04. The Hall–Kier alpha value is -2.16. The highest BCUT2D eigenvalue weighted by Crippen LogP contribution is 2.40. The Balaban J connectivity index is 2.38. The smallest absolute Gasteiger partial charge is 0.124 e. The van der Waals surface area contributed by atoms with Gasteiger partial charge >= 0.3 is 0 Å². The SMILES string of the molecule is COc1ccccc1[C@H](N=Cc1ccccn1)C(C)(C)C. The Morgan fingerprint density at radius 3 is 2.43 bits per heavy atom. The Morgan fingerprint density at radius 1 is 1.10 bits per heavy atom. The molecule has 0 aliphatic rings. The summed E-state index contributed by atoms with van der Waals surface area (Å²) in [5, 5.41) is 0. The fourth-order valence-electron chi connectivity index (χ4n) is 2.27. The third-order valence-electron chi connectivity index (χ3n) is 3.30. The lowest BCUT2D eigenvalue weighted by atomic mass is 9.82. The summed E-state index contributed by atoms with van der Waals surface area (Å²) in [5.41, 5.74) is 1.95. The summed E-state index contributed by atoms with van der Waals surface area (Å²) < 4.78 is 5.48. The molecule has 1 aromatic carbocycles. The average molecular weight is 282 g/mol. The quantitative estimate of drug-likeness (QED) is 0.784. The summed E-state index contributed by atoms with van der Waals surface area (Å²) in [6.45, 7) is 6.54. The maximum atomic E-state index is 5.48. The first-order chi connectivity index (χ1) is 10.0. The van der Waals surface area contributed by atoms with Gasteiger partial charge in [-0.1, -0.05) is 45.0 Å². The zero-order chi connectivity index (χ0) is 15.3.